The van der Waals surface area contributed by atoms with E-state index >= 15 is 0 Å². The largest absolute Gasteiger partial charge is 0.463 e. The molecule has 0 spiro atoms. The number of carbonyl (C=O) groups is 4. The lowest BCUT2D eigenvalue weighted by molar-refractivity contribution is -0.138. The summed E-state index contributed by atoms with van der Waals surface area (Å²) in [5.41, 5.74) is 5.11. The number of likely N-dealkylation sites (N-methyl/N-ethyl adjacent to an activating group) is 1. The van der Waals surface area contributed by atoms with Crippen LogP contribution in [0.3, 0.4) is 0 Å². The highest BCUT2D eigenvalue weighted by atomic mass is 19.4. The van der Waals surface area contributed by atoms with Gasteiger partial charge >= 0.3 is 12.1 Å². The number of aromatic amines is 1. The number of primary amides is 1. The van der Waals surface area contributed by atoms with Crippen LogP contribution >= 0.6 is 0 Å². The molecule has 3 amide bonds. The van der Waals surface area contributed by atoms with Gasteiger partial charge < -0.3 is 25.7 Å². The Hall–Kier alpha value is -4.87. The second kappa shape index (κ2) is 14.9. The number of hydrogen-bond acceptors (Lipinski definition) is 5. The zero-order chi connectivity index (χ0) is 31.6. The first kappa shape index (κ1) is 32.6. The third kappa shape index (κ3) is 9.32. The van der Waals surface area contributed by atoms with Crippen molar-refractivity contribution >= 4 is 23.7 Å². The third-order valence-electron chi connectivity index (χ3n) is 6.58. The molecule has 0 bridgehead atoms. The van der Waals surface area contributed by atoms with Gasteiger partial charge in [0.05, 0.1) is 12.2 Å². The summed E-state index contributed by atoms with van der Waals surface area (Å²) >= 11 is 0. The average molecular weight is 599 g/mol. The number of nitrogens with one attached hydrogen (secondary N) is 2. The molecule has 0 aliphatic heterocycles. The number of amides is 3. The Kier molecular flexibility index (Phi) is 11.3. The fourth-order valence-electron chi connectivity index (χ4n) is 4.39. The van der Waals surface area contributed by atoms with E-state index in [2.05, 4.69) is 10.3 Å². The van der Waals surface area contributed by atoms with E-state index in [4.69, 9.17) is 10.5 Å². The molecular weight excluding hydrogens is 565 g/mol. The summed E-state index contributed by atoms with van der Waals surface area (Å²) in [6.07, 6.45) is -1.98. The molecule has 0 aliphatic carbocycles. The van der Waals surface area contributed by atoms with Crippen LogP contribution in [0.2, 0.25) is 0 Å². The number of esters is 1. The maximum absolute atomic E-state index is 13.6. The minimum atomic E-state index is -4.60. The molecule has 228 valence electrons. The molecule has 4 N–H and O–H groups in total. The first-order valence-electron chi connectivity index (χ1n) is 13.5. The molecule has 0 aliphatic rings. The smallest absolute Gasteiger partial charge is 0.417 e. The first-order chi connectivity index (χ1) is 20.4. The van der Waals surface area contributed by atoms with Crippen molar-refractivity contribution in [3.05, 3.63) is 95.7 Å². The predicted octanol–water partition coefficient (Wildman–Crippen LogP) is 4.25. The van der Waals surface area contributed by atoms with E-state index in [9.17, 15) is 32.3 Å². The van der Waals surface area contributed by atoms with Gasteiger partial charge in [-0.1, -0.05) is 54.6 Å². The molecule has 0 saturated carbocycles. The number of rotatable bonds is 13. The van der Waals surface area contributed by atoms with E-state index in [-0.39, 0.29) is 42.8 Å². The van der Waals surface area contributed by atoms with Crippen LogP contribution in [0.4, 0.5) is 13.2 Å². The molecule has 1 heterocycles. The summed E-state index contributed by atoms with van der Waals surface area (Å²) in [6, 6.07) is 14.8. The molecule has 3 rings (SSSR count). The summed E-state index contributed by atoms with van der Waals surface area (Å²) in [4.78, 5) is 54.4. The van der Waals surface area contributed by atoms with Crippen molar-refractivity contribution in [2.24, 2.45) is 5.73 Å². The van der Waals surface area contributed by atoms with Crippen LogP contribution in [0, 0.1) is 0 Å². The van der Waals surface area contributed by atoms with Gasteiger partial charge in [0.25, 0.3) is 5.91 Å². The van der Waals surface area contributed by atoms with Gasteiger partial charge in [-0.05, 0) is 37.1 Å². The number of aromatic nitrogens is 1. The molecule has 2 unspecified atom stereocenters. The summed E-state index contributed by atoms with van der Waals surface area (Å²) in [5, 5.41) is 2.76. The SMILES string of the molecule is CCOC(=O)/C=C/C(CCC(N)=O)NC(=O)C(Cc1ccccc1)N(C)C(=O)c1ccc(-c2ccccc2C(F)(F)F)[nH]1. The van der Waals surface area contributed by atoms with Crippen molar-refractivity contribution in [3.8, 4) is 11.3 Å². The number of hydrogen-bond donors (Lipinski definition) is 3. The highest BCUT2D eigenvalue weighted by molar-refractivity contribution is 5.97. The van der Waals surface area contributed by atoms with Gasteiger partial charge in [0.15, 0.2) is 0 Å². The van der Waals surface area contributed by atoms with Gasteiger partial charge in [0.1, 0.15) is 11.7 Å². The number of carbonyl (C=O) groups excluding carboxylic acids is 4. The van der Waals surface area contributed by atoms with Crippen LogP contribution in [0.5, 0.6) is 0 Å². The van der Waals surface area contributed by atoms with Gasteiger partial charge in [0, 0.05) is 43.3 Å². The van der Waals surface area contributed by atoms with E-state index in [0.717, 1.165) is 17.7 Å². The Morgan fingerprint density at radius 3 is 2.35 bits per heavy atom. The van der Waals surface area contributed by atoms with Gasteiger partial charge in [0.2, 0.25) is 11.8 Å². The molecule has 9 nitrogen and oxygen atoms in total. The molecule has 0 fully saturated rings. The second-order valence-electron chi connectivity index (χ2n) is 9.68. The Bertz CT molecular complexity index is 1450. The monoisotopic (exact) mass is 598 g/mol. The quantitative estimate of drug-likeness (QED) is 0.200. The standard InChI is InChI=1S/C31H33F3N4O5/c1-3-43-28(40)18-14-21(13-17-27(35)39)36-29(41)26(19-20-9-5-4-6-10-20)38(2)30(42)25-16-15-24(37-25)22-11-7-8-12-23(22)31(32,33)34/h4-12,14-16,18,21,26,37H,3,13,17,19H2,1-2H3,(H2,35,39)(H,36,41)/b18-14+. The highest BCUT2D eigenvalue weighted by Crippen LogP contribution is 2.36. The summed E-state index contributed by atoms with van der Waals surface area (Å²) < 4.78 is 45.6. The minimum absolute atomic E-state index is 0.0205. The highest BCUT2D eigenvalue weighted by Gasteiger charge is 2.34. The third-order valence-corrected chi connectivity index (χ3v) is 6.58. The maximum Gasteiger partial charge on any atom is 0.417 e. The number of nitrogens with zero attached hydrogens (tertiary/aromatic N) is 1. The minimum Gasteiger partial charge on any atom is -0.463 e. The van der Waals surface area contributed by atoms with Gasteiger partial charge in [-0.25, -0.2) is 4.79 Å². The lowest BCUT2D eigenvalue weighted by Crippen LogP contribution is -2.51. The number of halogens is 3. The predicted molar refractivity (Wildman–Crippen MR) is 153 cm³/mol. The molecule has 43 heavy (non-hydrogen) atoms. The fourth-order valence-corrected chi connectivity index (χ4v) is 4.39. The van der Waals surface area contributed by atoms with Crippen LogP contribution in [0.15, 0.2) is 78.9 Å². The van der Waals surface area contributed by atoms with Crippen molar-refractivity contribution in [1.29, 1.82) is 0 Å². The second-order valence-corrected chi connectivity index (χ2v) is 9.68. The molecule has 2 aromatic carbocycles. The molecule has 0 saturated heterocycles. The van der Waals surface area contributed by atoms with E-state index < -0.39 is 47.5 Å². The summed E-state index contributed by atoms with van der Waals surface area (Å²) in [5.74, 6) is -2.46. The van der Waals surface area contributed by atoms with Crippen molar-refractivity contribution in [3.63, 3.8) is 0 Å². The van der Waals surface area contributed by atoms with Crippen LogP contribution in [-0.4, -0.2) is 59.3 Å². The van der Waals surface area contributed by atoms with Crippen LogP contribution < -0.4 is 11.1 Å². The number of alkyl halides is 3. The normalized spacial score (nSPS) is 12.9. The van der Waals surface area contributed by atoms with Crippen LogP contribution in [0.1, 0.15) is 41.4 Å². The maximum atomic E-state index is 13.6. The Balaban J connectivity index is 1.89. The number of benzene rings is 2. The fraction of sp³-hybridized carbons (Fsp3) is 0.290. The van der Waals surface area contributed by atoms with Crippen LogP contribution in [0.25, 0.3) is 11.3 Å². The van der Waals surface area contributed by atoms with E-state index in [1.54, 1.807) is 37.3 Å². The van der Waals surface area contributed by atoms with Crippen molar-refractivity contribution in [2.45, 2.75) is 44.4 Å². The number of ether oxygens (including phenoxy) is 1. The Morgan fingerprint density at radius 1 is 1.02 bits per heavy atom. The number of H-pyrrole nitrogens is 1. The topological polar surface area (TPSA) is 135 Å². The zero-order valence-electron chi connectivity index (χ0n) is 23.7. The van der Waals surface area contributed by atoms with Gasteiger partial charge in [-0.3, -0.25) is 14.4 Å². The molecular formula is C31H33F3N4O5. The zero-order valence-corrected chi connectivity index (χ0v) is 23.7. The van der Waals surface area contributed by atoms with E-state index in [1.165, 1.54) is 48.4 Å². The van der Waals surface area contributed by atoms with E-state index in [0.29, 0.717) is 0 Å². The molecule has 12 heteroatoms. The van der Waals surface area contributed by atoms with E-state index in [1.807, 2.05) is 0 Å². The summed E-state index contributed by atoms with van der Waals surface area (Å²) in [7, 11) is 1.41. The Labute approximate surface area is 246 Å². The van der Waals surface area contributed by atoms with Gasteiger partial charge in [-0.15, -0.1) is 0 Å². The first-order valence-corrected chi connectivity index (χ1v) is 13.5. The van der Waals surface area contributed by atoms with Crippen LogP contribution in [-0.2, 0) is 31.7 Å². The molecule has 2 atom stereocenters. The number of nitrogens with two attached hydrogens (primary N) is 1. The van der Waals surface area contributed by atoms with Crippen molar-refractivity contribution < 1.29 is 37.1 Å². The lowest BCUT2D eigenvalue weighted by Gasteiger charge is -2.29. The molecule has 0 radical (unpaired) electrons. The average Bonchev–Trinajstić information content (AvgIpc) is 3.47. The lowest BCUT2D eigenvalue weighted by atomic mass is 10.0. The van der Waals surface area contributed by atoms with Crippen molar-refractivity contribution in [1.82, 2.24) is 15.2 Å². The molecule has 3 aromatic rings. The molecule has 1 aromatic heterocycles. The Morgan fingerprint density at radius 2 is 1.70 bits per heavy atom. The van der Waals surface area contributed by atoms with Gasteiger partial charge in [-0.2, -0.15) is 13.2 Å². The summed E-state index contributed by atoms with van der Waals surface area (Å²) in [6.45, 7) is 1.79. The van der Waals surface area contributed by atoms with Crippen molar-refractivity contribution in [2.75, 3.05) is 13.7 Å².